The van der Waals surface area contributed by atoms with Gasteiger partial charge in [0.2, 0.25) is 0 Å². The van der Waals surface area contributed by atoms with E-state index in [-0.39, 0.29) is 23.0 Å². The molecule has 23 heavy (non-hydrogen) atoms. The Labute approximate surface area is 140 Å². The number of hydrogen-bond donors (Lipinski definition) is 1. The second kappa shape index (κ2) is 5.16. The van der Waals surface area contributed by atoms with Crippen LogP contribution in [-0.2, 0) is 9.53 Å². The van der Waals surface area contributed by atoms with Crippen molar-refractivity contribution < 1.29 is 14.6 Å². The Balaban J connectivity index is 1.96. The Morgan fingerprint density at radius 1 is 1.17 bits per heavy atom. The van der Waals surface area contributed by atoms with E-state index in [1.807, 2.05) is 0 Å². The molecule has 1 N–H and O–H groups in total. The van der Waals surface area contributed by atoms with Crippen LogP contribution in [0.1, 0.15) is 66.2 Å². The van der Waals surface area contributed by atoms with Crippen molar-refractivity contribution in [2.75, 3.05) is 6.61 Å². The van der Waals surface area contributed by atoms with E-state index in [4.69, 9.17) is 4.74 Å². The monoisotopic (exact) mass is 320 g/mol. The highest BCUT2D eigenvalue weighted by Gasteiger charge is 2.63. The lowest BCUT2D eigenvalue weighted by atomic mass is 9.44. The van der Waals surface area contributed by atoms with Gasteiger partial charge in [0, 0.05) is 11.8 Å². The van der Waals surface area contributed by atoms with Gasteiger partial charge in [-0.3, -0.25) is 4.79 Å². The SMILES string of the molecule is C=C[C@@]1(CO)CC[C@@H]2[C@]3(C)CCC(=O)C(C)(C)[C@@H]3CC[C@]2(C)O1. The summed E-state index contributed by atoms with van der Waals surface area (Å²) in [5.74, 6) is 1.31. The second-order valence-corrected chi connectivity index (χ2v) is 9.17. The maximum Gasteiger partial charge on any atom is 0.138 e. The maximum absolute atomic E-state index is 12.5. The van der Waals surface area contributed by atoms with Crippen molar-refractivity contribution in [3.63, 3.8) is 0 Å². The zero-order valence-corrected chi connectivity index (χ0v) is 15.2. The Morgan fingerprint density at radius 3 is 2.43 bits per heavy atom. The number of aliphatic hydroxyl groups excluding tert-OH is 1. The van der Waals surface area contributed by atoms with Crippen molar-refractivity contribution in [1.29, 1.82) is 0 Å². The van der Waals surface area contributed by atoms with E-state index >= 15 is 0 Å². The van der Waals surface area contributed by atoms with Crippen LogP contribution in [0.25, 0.3) is 0 Å². The van der Waals surface area contributed by atoms with Crippen molar-refractivity contribution in [3.8, 4) is 0 Å². The minimum atomic E-state index is -0.589. The van der Waals surface area contributed by atoms with Gasteiger partial charge in [0.25, 0.3) is 0 Å². The normalized spacial score (nSPS) is 49.2. The molecule has 0 radical (unpaired) electrons. The van der Waals surface area contributed by atoms with Gasteiger partial charge < -0.3 is 9.84 Å². The summed E-state index contributed by atoms with van der Waals surface area (Å²) in [6.07, 6.45) is 7.32. The lowest BCUT2D eigenvalue weighted by Gasteiger charge is -2.64. The minimum absolute atomic E-state index is 0.00291. The smallest absolute Gasteiger partial charge is 0.138 e. The van der Waals surface area contributed by atoms with Crippen molar-refractivity contribution in [3.05, 3.63) is 12.7 Å². The average molecular weight is 320 g/mol. The van der Waals surface area contributed by atoms with E-state index in [0.29, 0.717) is 24.0 Å². The van der Waals surface area contributed by atoms with E-state index in [9.17, 15) is 9.90 Å². The van der Waals surface area contributed by atoms with Gasteiger partial charge in [-0.05, 0) is 56.3 Å². The van der Waals surface area contributed by atoms with Gasteiger partial charge in [-0.2, -0.15) is 0 Å². The van der Waals surface area contributed by atoms with Crippen LogP contribution in [0.4, 0.5) is 0 Å². The molecule has 1 saturated heterocycles. The summed E-state index contributed by atoms with van der Waals surface area (Å²) < 4.78 is 6.52. The first-order valence-corrected chi connectivity index (χ1v) is 9.11. The fourth-order valence-corrected chi connectivity index (χ4v) is 6.29. The standard InChI is InChI=1S/C20H32O3/c1-6-20(13-21)12-8-15-18(4)10-9-16(22)17(2,3)14(18)7-11-19(15,5)23-20/h6,14-15,21H,1,7-13H2,2-5H3/t14-,15+,18+,19-,20-/m0/s1. The molecule has 0 aromatic rings. The highest BCUT2D eigenvalue weighted by Crippen LogP contribution is 2.64. The van der Waals surface area contributed by atoms with E-state index < -0.39 is 5.60 Å². The van der Waals surface area contributed by atoms with Gasteiger partial charge in [-0.1, -0.05) is 26.8 Å². The zero-order chi connectivity index (χ0) is 17.1. The lowest BCUT2D eigenvalue weighted by molar-refractivity contribution is -0.260. The van der Waals surface area contributed by atoms with E-state index in [2.05, 4.69) is 34.3 Å². The highest BCUT2D eigenvalue weighted by atomic mass is 16.5. The molecule has 130 valence electrons. The van der Waals surface area contributed by atoms with Crippen LogP contribution in [0.15, 0.2) is 12.7 Å². The Kier molecular flexibility index (Phi) is 3.85. The number of hydrogen-bond acceptors (Lipinski definition) is 3. The number of rotatable bonds is 2. The first kappa shape index (κ1) is 17.2. The first-order chi connectivity index (χ1) is 10.6. The number of carbonyl (C=O) groups excluding carboxylic acids is 1. The Hall–Kier alpha value is -0.670. The predicted octanol–water partition coefficient (Wildman–Crippen LogP) is 3.89. The molecule has 0 amide bonds. The van der Waals surface area contributed by atoms with Crippen LogP contribution in [0.5, 0.6) is 0 Å². The summed E-state index contributed by atoms with van der Waals surface area (Å²) in [7, 11) is 0. The molecule has 3 aliphatic rings. The van der Waals surface area contributed by atoms with Crippen LogP contribution in [0, 0.1) is 22.7 Å². The fraction of sp³-hybridized carbons (Fsp3) is 0.850. The maximum atomic E-state index is 12.5. The number of aliphatic hydroxyl groups is 1. The van der Waals surface area contributed by atoms with Gasteiger partial charge in [0.15, 0.2) is 0 Å². The number of carbonyl (C=O) groups is 1. The van der Waals surface area contributed by atoms with Crippen LogP contribution in [-0.4, -0.2) is 28.7 Å². The Bertz CT molecular complexity index is 525. The number of ether oxygens (including phenoxy) is 1. The first-order valence-electron chi connectivity index (χ1n) is 9.11. The van der Waals surface area contributed by atoms with E-state index in [1.165, 1.54) is 0 Å². The Morgan fingerprint density at radius 2 is 1.83 bits per heavy atom. The fourth-order valence-electron chi connectivity index (χ4n) is 6.29. The number of fused-ring (bicyclic) bond motifs is 3. The van der Waals surface area contributed by atoms with Crippen molar-refractivity contribution >= 4 is 5.78 Å². The van der Waals surface area contributed by atoms with E-state index in [1.54, 1.807) is 6.08 Å². The van der Waals surface area contributed by atoms with Crippen LogP contribution in [0.3, 0.4) is 0 Å². The molecule has 0 aromatic heterocycles. The molecule has 3 heteroatoms. The number of Topliss-reactive ketones (excluding diaryl/α,β-unsaturated/α-hetero) is 1. The van der Waals surface area contributed by atoms with Crippen molar-refractivity contribution in [1.82, 2.24) is 0 Å². The second-order valence-electron chi connectivity index (χ2n) is 9.17. The third-order valence-corrected chi connectivity index (χ3v) is 7.67. The molecule has 0 spiro atoms. The van der Waals surface area contributed by atoms with Crippen LogP contribution >= 0.6 is 0 Å². The van der Waals surface area contributed by atoms with Gasteiger partial charge in [-0.25, -0.2) is 0 Å². The van der Waals surface area contributed by atoms with Gasteiger partial charge >= 0.3 is 0 Å². The molecule has 3 fully saturated rings. The molecule has 2 saturated carbocycles. The predicted molar refractivity (Wildman–Crippen MR) is 91.1 cm³/mol. The van der Waals surface area contributed by atoms with Gasteiger partial charge in [-0.15, -0.1) is 6.58 Å². The lowest BCUT2D eigenvalue weighted by Crippen LogP contribution is -2.64. The van der Waals surface area contributed by atoms with Gasteiger partial charge in [0.05, 0.1) is 12.2 Å². The summed E-state index contributed by atoms with van der Waals surface area (Å²) in [5, 5.41) is 9.82. The van der Waals surface area contributed by atoms with Crippen molar-refractivity contribution in [2.24, 2.45) is 22.7 Å². The summed E-state index contributed by atoms with van der Waals surface area (Å²) in [6, 6.07) is 0. The highest BCUT2D eigenvalue weighted by molar-refractivity contribution is 5.85. The van der Waals surface area contributed by atoms with Crippen LogP contribution < -0.4 is 0 Å². The summed E-state index contributed by atoms with van der Waals surface area (Å²) >= 11 is 0. The molecule has 0 unspecified atom stereocenters. The molecule has 3 rings (SSSR count). The molecule has 0 aromatic carbocycles. The molecular formula is C20H32O3. The molecule has 5 atom stereocenters. The largest absolute Gasteiger partial charge is 0.393 e. The third kappa shape index (κ3) is 2.26. The van der Waals surface area contributed by atoms with Crippen LogP contribution in [0.2, 0.25) is 0 Å². The van der Waals surface area contributed by atoms with Gasteiger partial charge in [0.1, 0.15) is 11.4 Å². The zero-order valence-electron chi connectivity index (χ0n) is 15.2. The quantitative estimate of drug-likeness (QED) is 0.785. The molecule has 2 aliphatic carbocycles. The van der Waals surface area contributed by atoms with Crippen molar-refractivity contribution in [2.45, 2.75) is 77.4 Å². The topological polar surface area (TPSA) is 46.5 Å². The van der Waals surface area contributed by atoms with E-state index in [0.717, 1.165) is 32.1 Å². The minimum Gasteiger partial charge on any atom is -0.393 e. The summed E-state index contributed by atoms with van der Waals surface area (Å²) in [5.41, 5.74) is -0.892. The summed E-state index contributed by atoms with van der Waals surface area (Å²) in [4.78, 5) is 12.5. The average Bonchev–Trinajstić information content (AvgIpc) is 2.50. The molecule has 3 nitrogen and oxygen atoms in total. The molecule has 1 aliphatic heterocycles. The molecular weight excluding hydrogens is 288 g/mol. The molecule has 0 bridgehead atoms. The number of ketones is 1. The molecule has 1 heterocycles. The third-order valence-electron chi connectivity index (χ3n) is 7.67. The summed E-state index contributed by atoms with van der Waals surface area (Å²) in [6.45, 7) is 12.8.